The smallest absolute Gasteiger partial charge is 0.194 e. The molecule has 1 fully saturated rings. The highest BCUT2D eigenvalue weighted by molar-refractivity contribution is 5.80. The molecule has 1 atom stereocenters. The van der Waals surface area contributed by atoms with Crippen LogP contribution in [0.15, 0.2) is 65.9 Å². The average Bonchev–Trinajstić information content (AvgIpc) is 3.26. The van der Waals surface area contributed by atoms with E-state index in [4.69, 9.17) is 9.73 Å². The van der Waals surface area contributed by atoms with Gasteiger partial charge in [0.15, 0.2) is 5.96 Å². The first-order valence-electron chi connectivity index (χ1n) is 11.9. The number of aromatic nitrogens is 2. The molecule has 2 heterocycles. The second-order valence-corrected chi connectivity index (χ2v) is 8.61. The maximum atomic E-state index is 6.14. The summed E-state index contributed by atoms with van der Waals surface area (Å²) < 4.78 is 8.35. The number of ether oxygens (including phenoxy) is 1. The van der Waals surface area contributed by atoms with Crippen LogP contribution in [0.5, 0.6) is 0 Å². The van der Waals surface area contributed by atoms with Crippen molar-refractivity contribution in [1.82, 2.24) is 19.8 Å². The number of imidazole rings is 1. The zero-order valence-electron chi connectivity index (χ0n) is 20.0. The van der Waals surface area contributed by atoms with Gasteiger partial charge in [-0.05, 0) is 37.5 Å². The second kappa shape index (κ2) is 11.1. The first kappa shape index (κ1) is 23.1. The summed E-state index contributed by atoms with van der Waals surface area (Å²) in [6.45, 7) is 11.1. The molecule has 0 aliphatic carbocycles. The molecular formula is C27H35N5O. The van der Waals surface area contributed by atoms with Gasteiger partial charge in [0.2, 0.25) is 0 Å². The third-order valence-corrected chi connectivity index (χ3v) is 6.07. The molecule has 1 aromatic heterocycles. The number of morpholine rings is 1. The van der Waals surface area contributed by atoms with Crippen LogP contribution in [0.4, 0.5) is 0 Å². The zero-order valence-corrected chi connectivity index (χ0v) is 20.0. The number of nitrogens with one attached hydrogen (secondary N) is 1. The summed E-state index contributed by atoms with van der Waals surface area (Å²) in [6, 6.07) is 17.1. The maximum absolute atomic E-state index is 6.14. The van der Waals surface area contributed by atoms with Crippen molar-refractivity contribution in [1.29, 1.82) is 0 Å². The molecule has 6 heteroatoms. The molecular weight excluding hydrogens is 410 g/mol. The van der Waals surface area contributed by atoms with Crippen LogP contribution in [0.25, 0.3) is 0 Å². The number of guanidine groups is 1. The SMILES string of the molecule is CCNC(=NCCc1nccn1Cc1ccccc1)N1CCOC(c2ccc(C)cc2C)C1. The van der Waals surface area contributed by atoms with Gasteiger partial charge in [0.1, 0.15) is 11.9 Å². The molecule has 3 aromatic rings. The van der Waals surface area contributed by atoms with Crippen molar-refractivity contribution in [3.63, 3.8) is 0 Å². The van der Waals surface area contributed by atoms with E-state index in [0.29, 0.717) is 13.2 Å². The molecule has 1 aliphatic rings. The summed E-state index contributed by atoms with van der Waals surface area (Å²) >= 11 is 0. The Hall–Kier alpha value is -3.12. The minimum absolute atomic E-state index is 0.0629. The van der Waals surface area contributed by atoms with Gasteiger partial charge in [-0.1, -0.05) is 54.1 Å². The van der Waals surface area contributed by atoms with Crippen LogP contribution in [-0.2, 0) is 17.7 Å². The van der Waals surface area contributed by atoms with Crippen molar-refractivity contribution < 1.29 is 4.74 Å². The molecule has 2 aromatic carbocycles. The molecule has 4 rings (SSSR count). The fourth-order valence-corrected chi connectivity index (χ4v) is 4.40. The van der Waals surface area contributed by atoms with E-state index in [-0.39, 0.29) is 6.10 Å². The van der Waals surface area contributed by atoms with Gasteiger partial charge < -0.3 is 19.5 Å². The lowest BCUT2D eigenvalue weighted by atomic mass is 10.00. The van der Waals surface area contributed by atoms with Gasteiger partial charge in [-0.2, -0.15) is 0 Å². The van der Waals surface area contributed by atoms with Crippen LogP contribution in [0.1, 0.15) is 41.1 Å². The Bertz CT molecular complexity index is 1060. The minimum Gasteiger partial charge on any atom is -0.370 e. The van der Waals surface area contributed by atoms with Crippen LogP contribution in [0, 0.1) is 13.8 Å². The number of aliphatic imine (C=N–C) groups is 1. The molecule has 6 nitrogen and oxygen atoms in total. The van der Waals surface area contributed by atoms with Crippen molar-refractivity contribution in [2.24, 2.45) is 4.99 Å². The first-order valence-corrected chi connectivity index (χ1v) is 11.9. The molecule has 33 heavy (non-hydrogen) atoms. The van der Waals surface area contributed by atoms with Crippen molar-refractivity contribution in [2.75, 3.05) is 32.8 Å². The molecule has 1 saturated heterocycles. The summed E-state index contributed by atoms with van der Waals surface area (Å²) in [5, 5.41) is 3.48. The summed E-state index contributed by atoms with van der Waals surface area (Å²) in [6.07, 6.45) is 4.80. The third-order valence-electron chi connectivity index (χ3n) is 6.07. The molecule has 1 unspecified atom stereocenters. The van der Waals surface area contributed by atoms with Crippen molar-refractivity contribution in [3.8, 4) is 0 Å². The number of rotatable bonds is 7. The largest absolute Gasteiger partial charge is 0.370 e. The maximum Gasteiger partial charge on any atom is 0.194 e. The van der Waals surface area contributed by atoms with Crippen molar-refractivity contribution in [3.05, 3.63) is 89.0 Å². The molecule has 0 amide bonds. The number of hydrogen-bond donors (Lipinski definition) is 1. The second-order valence-electron chi connectivity index (χ2n) is 8.61. The fraction of sp³-hybridized carbons (Fsp3) is 0.407. The molecule has 0 bridgehead atoms. The van der Waals surface area contributed by atoms with Gasteiger partial charge >= 0.3 is 0 Å². The summed E-state index contributed by atoms with van der Waals surface area (Å²) in [5.41, 5.74) is 5.11. The van der Waals surface area contributed by atoms with Gasteiger partial charge in [0.05, 0.1) is 13.2 Å². The lowest BCUT2D eigenvalue weighted by molar-refractivity contribution is -0.00833. The van der Waals surface area contributed by atoms with Gasteiger partial charge in [-0.25, -0.2) is 4.98 Å². The summed E-state index contributed by atoms with van der Waals surface area (Å²) in [4.78, 5) is 11.9. The van der Waals surface area contributed by atoms with Crippen LogP contribution in [-0.4, -0.2) is 53.2 Å². The van der Waals surface area contributed by atoms with Crippen LogP contribution in [0.2, 0.25) is 0 Å². The Morgan fingerprint density at radius 2 is 2.03 bits per heavy atom. The molecule has 0 spiro atoms. The van der Waals surface area contributed by atoms with E-state index >= 15 is 0 Å². The van der Waals surface area contributed by atoms with Crippen LogP contribution < -0.4 is 5.32 Å². The Morgan fingerprint density at radius 3 is 2.82 bits per heavy atom. The van der Waals surface area contributed by atoms with Crippen molar-refractivity contribution in [2.45, 2.75) is 39.8 Å². The zero-order chi connectivity index (χ0) is 23.0. The van der Waals surface area contributed by atoms with E-state index in [1.165, 1.54) is 22.3 Å². The lowest BCUT2D eigenvalue weighted by Gasteiger charge is -2.36. The normalized spacial score (nSPS) is 16.8. The van der Waals surface area contributed by atoms with E-state index < -0.39 is 0 Å². The molecule has 1 aliphatic heterocycles. The van der Waals surface area contributed by atoms with E-state index in [2.05, 4.69) is 83.0 Å². The highest BCUT2D eigenvalue weighted by atomic mass is 16.5. The van der Waals surface area contributed by atoms with E-state index in [0.717, 1.165) is 44.4 Å². The van der Waals surface area contributed by atoms with Crippen molar-refractivity contribution >= 4 is 5.96 Å². The Kier molecular flexibility index (Phi) is 7.79. The van der Waals surface area contributed by atoms with Gasteiger partial charge in [0, 0.05) is 45.0 Å². The van der Waals surface area contributed by atoms with Gasteiger partial charge in [-0.3, -0.25) is 4.99 Å². The standard InChI is InChI=1S/C27H35N5O/c1-4-28-27(32-16-17-33-25(20-32)24-11-10-21(2)18-22(24)3)30-13-12-26-29-14-15-31(26)19-23-8-6-5-7-9-23/h5-11,14-15,18,25H,4,12-13,16-17,19-20H2,1-3H3,(H,28,30). The fourth-order valence-electron chi connectivity index (χ4n) is 4.40. The lowest BCUT2D eigenvalue weighted by Crippen LogP contribution is -2.48. The van der Waals surface area contributed by atoms with Gasteiger partial charge in [-0.15, -0.1) is 0 Å². The first-order chi connectivity index (χ1) is 16.1. The average molecular weight is 446 g/mol. The molecule has 174 valence electrons. The minimum atomic E-state index is 0.0629. The summed E-state index contributed by atoms with van der Waals surface area (Å²) in [5.74, 6) is 2.02. The number of hydrogen-bond acceptors (Lipinski definition) is 3. The Morgan fingerprint density at radius 1 is 1.18 bits per heavy atom. The highest BCUT2D eigenvalue weighted by Crippen LogP contribution is 2.26. The van der Waals surface area contributed by atoms with E-state index in [1.54, 1.807) is 0 Å². The molecule has 0 radical (unpaired) electrons. The van der Waals surface area contributed by atoms with E-state index in [1.807, 2.05) is 18.5 Å². The molecule has 1 N–H and O–H groups in total. The quantitative estimate of drug-likeness (QED) is 0.439. The van der Waals surface area contributed by atoms with E-state index in [9.17, 15) is 0 Å². The third kappa shape index (κ3) is 6.02. The molecule has 0 saturated carbocycles. The summed E-state index contributed by atoms with van der Waals surface area (Å²) in [7, 11) is 0. The predicted octanol–water partition coefficient (Wildman–Crippen LogP) is 4.13. The van der Waals surface area contributed by atoms with Crippen LogP contribution >= 0.6 is 0 Å². The highest BCUT2D eigenvalue weighted by Gasteiger charge is 2.25. The topological polar surface area (TPSA) is 54.7 Å². The Labute approximate surface area is 197 Å². The number of nitrogens with zero attached hydrogens (tertiary/aromatic N) is 4. The Balaban J connectivity index is 1.41. The number of benzene rings is 2. The predicted molar refractivity (Wildman–Crippen MR) is 134 cm³/mol. The monoisotopic (exact) mass is 445 g/mol. The van der Waals surface area contributed by atoms with Gasteiger partial charge in [0.25, 0.3) is 0 Å². The van der Waals surface area contributed by atoms with Crippen LogP contribution in [0.3, 0.4) is 0 Å². The number of aryl methyl sites for hydroxylation is 2.